The highest BCUT2D eigenvalue weighted by Crippen LogP contribution is 2.51. The molecule has 6 heteroatoms. The fourth-order valence-corrected chi connectivity index (χ4v) is 4.53. The van der Waals surface area contributed by atoms with Gasteiger partial charge in [-0.15, -0.1) is 0 Å². The van der Waals surface area contributed by atoms with E-state index in [-0.39, 0.29) is 16.7 Å². The van der Waals surface area contributed by atoms with Crippen molar-refractivity contribution in [1.29, 1.82) is 0 Å². The highest BCUT2D eigenvalue weighted by atomic mass is 31.1. The molecule has 0 spiro atoms. The summed E-state index contributed by atoms with van der Waals surface area (Å²) in [5, 5.41) is 14.5. The van der Waals surface area contributed by atoms with Crippen LogP contribution in [-0.4, -0.2) is 26.4 Å². The lowest BCUT2D eigenvalue weighted by Crippen LogP contribution is -2.22. The number of benzene rings is 2. The molecule has 2 N–H and O–H groups in total. The first-order chi connectivity index (χ1) is 12.4. The Kier molecular flexibility index (Phi) is 6.85. The Balaban J connectivity index is 2.53. The number of phenolic OH excluding ortho intramolecular Hbond substituents is 1. The molecule has 0 fully saturated rings. The van der Waals surface area contributed by atoms with Crippen LogP contribution in [0.1, 0.15) is 31.4 Å². The highest BCUT2D eigenvalue weighted by Gasteiger charge is 2.31. The van der Waals surface area contributed by atoms with E-state index < -0.39 is 0 Å². The molecule has 2 aromatic rings. The molecule has 0 heterocycles. The largest absolute Gasteiger partial charge is 0.504 e. The molecular weight excluding hydrogens is 352 g/mol. The average Bonchev–Trinajstić information content (AvgIpc) is 2.64. The lowest BCUT2D eigenvalue weighted by atomic mass is 9.95. The molecule has 4 nitrogen and oxygen atoms in total. The van der Waals surface area contributed by atoms with E-state index in [1.807, 2.05) is 19.2 Å². The van der Waals surface area contributed by atoms with Crippen LogP contribution in [0.3, 0.4) is 0 Å². The summed E-state index contributed by atoms with van der Waals surface area (Å²) in [6.07, 6.45) is 0.797. The lowest BCUT2D eigenvalue weighted by molar-refractivity contribution is 0.357. The van der Waals surface area contributed by atoms with Gasteiger partial charge in [0.05, 0.1) is 14.2 Å². The fourth-order valence-electron chi connectivity index (χ4n) is 2.94. The SMILES string of the molecule is CCC(C)(Pc1ccc(F)cc1CNC)c1cc(OC)cc(OC)c1O. The van der Waals surface area contributed by atoms with Crippen LogP contribution >= 0.6 is 8.58 Å². The number of phenols is 1. The van der Waals surface area contributed by atoms with Crippen molar-refractivity contribution >= 4 is 13.9 Å². The van der Waals surface area contributed by atoms with Crippen LogP contribution in [0.15, 0.2) is 30.3 Å². The smallest absolute Gasteiger partial charge is 0.164 e. The second-order valence-corrected chi connectivity index (χ2v) is 8.26. The third-order valence-corrected chi connectivity index (χ3v) is 6.58. The van der Waals surface area contributed by atoms with Gasteiger partial charge in [-0.3, -0.25) is 0 Å². The zero-order valence-electron chi connectivity index (χ0n) is 15.9. The molecule has 0 saturated heterocycles. The molecule has 0 aliphatic heterocycles. The van der Waals surface area contributed by atoms with E-state index in [0.29, 0.717) is 26.6 Å². The summed E-state index contributed by atoms with van der Waals surface area (Å²) in [6, 6.07) is 8.42. The number of halogens is 1. The number of hydrogen-bond donors (Lipinski definition) is 2. The third-order valence-electron chi connectivity index (χ3n) is 4.65. The molecule has 0 aliphatic carbocycles. The summed E-state index contributed by atoms with van der Waals surface area (Å²) >= 11 is 0. The first kappa shape index (κ1) is 20.5. The van der Waals surface area contributed by atoms with Crippen molar-refractivity contribution < 1.29 is 19.0 Å². The zero-order chi connectivity index (χ0) is 19.3. The molecule has 0 radical (unpaired) electrons. The first-order valence-corrected chi connectivity index (χ1v) is 9.55. The molecule has 142 valence electrons. The Morgan fingerprint density at radius 3 is 2.50 bits per heavy atom. The van der Waals surface area contributed by atoms with Crippen molar-refractivity contribution in [3.63, 3.8) is 0 Å². The quantitative estimate of drug-likeness (QED) is 0.683. The van der Waals surface area contributed by atoms with Crippen molar-refractivity contribution in [2.45, 2.75) is 32.0 Å². The lowest BCUT2D eigenvalue weighted by Gasteiger charge is -2.31. The maximum Gasteiger partial charge on any atom is 0.164 e. The monoisotopic (exact) mass is 379 g/mol. The van der Waals surface area contributed by atoms with Crippen molar-refractivity contribution in [2.75, 3.05) is 21.3 Å². The van der Waals surface area contributed by atoms with E-state index in [1.165, 1.54) is 13.2 Å². The molecule has 0 saturated carbocycles. The molecule has 26 heavy (non-hydrogen) atoms. The normalized spacial score (nSPS) is 13.8. The third kappa shape index (κ3) is 4.28. The standard InChI is InChI=1S/C20H27FNO3P/c1-6-20(2,16-10-15(24-4)11-17(25-5)19(16)23)26-18-8-7-14(21)9-13(18)12-22-3/h7-11,22-23,26H,6,12H2,1-5H3. The van der Waals surface area contributed by atoms with E-state index >= 15 is 0 Å². The predicted octanol–water partition coefficient (Wildman–Crippen LogP) is 3.90. The minimum absolute atomic E-state index is 0.127. The van der Waals surface area contributed by atoms with Crippen molar-refractivity contribution in [3.8, 4) is 17.2 Å². The van der Waals surface area contributed by atoms with Crippen LogP contribution in [0.25, 0.3) is 0 Å². The number of rotatable bonds is 8. The number of aromatic hydroxyl groups is 1. The van der Waals surface area contributed by atoms with E-state index in [1.54, 1.807) is 19.2 Å². The maximum atomic E-state index is 13.7. The van der Waals surface area contributed by atoms with Crippen LogP contribution in [0.2, 0.25) is 0 Å². The molecule has 0 aliphatic rings. The minimum Gasteiger partial charge on any atom is -0.504 e. The van der Waals surface area contributed by atoms with E-state index in [0.717, 1.165) is 22.9 Å². The van der Waals surface area contributed by atoms with Crippen LogP contribution in [0.4, 0.5) is 4.39 Å². The summed E-state index contributed by atoms with van der Waals surface area (Å²) in [5.74, 6) is 0.905. The fraction of sp³-hybridized carbons (Fsp3) is 0.400. The predicted molar refractivity (Wildman–Crippen MR) is 106 cm³/mol. The average molecular weight is 379 g/mol. The van der Waals surface area contributed by atoms with Crippen molar-refractivity contribution in [2.24, 2.45) is 0 Å². The Hall–Kier alpha value is -1.84. The van der Waals surface area contributed by atoms with Crippen LogP contribution < -0.4 is 20.1 Å². The molecular formula is C20H27FNO3P. The molecule has 2 aromatic carbocycles. The van der Waals surface area contributed by atoms with Gasteiger partial charge in [-0.2, -0.15) is 0 Å². The molecule has 0 aromatic heterocycles. The van der Waals surface area contributed by atoms with Gasteiger partial charge in [0.1, 0.15) is 11.6 Å². The molecule has 2 rings (SSSR count). The summed E-state index contributed by atoms with van der Waals surface area (Å²) in [7, 11) is 5.30. The van der Waals surface area contributed by atoms with Crippen LogP contribution in [0, 0.1) is 5.82 Å². The van der Waals surface area contributed by atoms with Gasteiger partial charge in [-0.1, -0.05) is 28.5 Å². The number of nitrogens with one attached hydrogen (secondary N) is 1. The summed E-state index contributed by atoms with van der Waals surface area (Å²) < 4.78 is 24.4. The topological polar surface area (TPSA) is 50.7 Å². The Morgan fingerprint density at radius 2 is 1.92 bits per heavy atom. The van der Waals surface area contributed by atoms with Crippen LogP contribution in [0.5, 0.6) is 17.2 Å². The Morgan fingerprint density at radius 1 is 1.19 bits per heavy atom. The van der Waals surface area contributed by atoms with Gasteiger partial charge in [0.15, 0.2) is 11.5 Å². The number of hydrogen-bond acceptors (Lipinski definition) is 4. The Bertz CT molecular complexity index is 769. The molecule has 2 atom stereocenters. The second kappa shape index (κ2) is 8.70. The van der Waals surface area contributed by atoms with Gasteiger partial charge < -0.3 is 19.9 Å². The number of ether oxygens (including phenoxy) is 2. The van der Waals surface area contributed by atoms with Gasteiger partial charge >= 0.3 is 0 Å². The van der Waals surface area contributed by atoms with Gasteiger partial charge in [-0.25, -0.2) is 4.39 Å². The minimum atomic E-state index is -0.341. The van der Waals surface area contributed by atoms with Crippen molar-refractivity contribution in [3.05, 3.63) is 47.3 Å². The summed E-state index contributed by atoms with van der Waals surface area (Å²) in [5.41, 5.74) is 1.70. The number of methoxy groups -OCH3 is 2. The first-order valence-electron chi connectivity index (χ1n) is 8.55. The van der Waals surface area contributed by atoms with Gasteiger partial charge in [-0.05, 0) is 42.5 Å². The maximum absolute atomic E-state index is 13.7. The van der Waals surface area contributed by atoms with E-state index in [4.69, 9.17) is 9.47 Å². The Labute approximate surface area is 156 Å². The van der Waals surface area contributed by atoms with E-state index in [2.05, 4.69) is 19.2 Å². The summed E-state index contributed by atoms with van der Waals surface area (Å²) in [6.45, 7) is 4.78. The highest BCUT2D eigenvalue weighted by molar-refractivity contribution is 7.48. The molecule has 2 unspecified atom stereocenters. The van der Waals surface area contributed by atoms with Gasteiger partial charge in [0.25, 0.3) is 0 Å². The zero-order valence-corrected chi connectivity index (χ0v) is 16.9. The summed E-state index contributed by atoms with van der Waals surface area (Å²) in [4.78, 5) is 0. The second-order valence-electron chi connectivity index (χ2n) is 6.37. The van der Waals surface area contributed by atoms with E-state index in [9.17, 15) is 9.50 Å². The van der Waals surface area contributed by atoms with Crippen molar-refractivity contribution in [1.82, 2.24) is 5.32 Å². The molecule has 0 bridgehead atoms. The van der Waals surface area contributed by atoms with Gasteiger partial charge in [0, 0.05) is 23.3 Å². The van der Waals surface area contributed by atoms with Crippen LogP contribution in [-0.2, 0) is 11.7 Å². The molecule has 0 amide bonds. The van der Waals surface area contributed by atoms with Gasteiger partial charge in [0.2, 0.25) is 0 Å².